The first kappa shape index (κ1) is 18.9. The minimum absolute atomic E-state index is 0.0575. The second-order valence-corrected chi connectivity index (χ2v) is 6.92. The fourth-order valence-corrected chi connectivity index (χ4v) is 3.42. The number of rotatable bonds is 6. The molecule has 138 valence electrons. The van der Waals surface area contributed by atoms with Crippen LogP contribution in [0, 0.1) is 11.3 Å². The zero-order valence-corrected chi connectivity index (χ0v) is 16.2. The minimum Gasteiger partial charge on any atom is -0.383 e. The van der Waals surface area contributed by atoms with Gasteiger partial charge in [-0.2, -0.15) is 10.4 Å². The van der Waals surface area contributed by atoms with Crippen LogP contribution >= 0.6 is 11.6 Å². The number of benzene rings is 1. The highest BCUT2D eigenvalue weighted by molar-refractivity contribution is 6.30. The van der Waals surface area contributed by atoms with Gasteiger partial charge >= 0.3 is 0 Å². The summed E-state index contributed by atoms with van der Waals surface area (Å²) in [7, 11) is 0. The summed E-state index contributed by atoms with van der Waals surface area (Å²) in [5, 5.41) is 14.9. The van der Waals surface area contributed by atoms with Crippen LogP contribution in [0.5, 0.6) is 0 Å². The quantitative estimate of drug-likeness (QED) is 0.607. The van der Waals surface area contributed by atoms with Crippen molar-refractivity contribution in [3.8, 4) is 17.2 Å². The van der Waals surface area contributed by atoms with Gasteiger partial charge in [0.25, 0.3) is 0 Å². The topological polar surface area (TPSA) is 84.2 Å². The lowest BCUT2D eigenvalue weighted by atomic mass is 9.97. The van der Waals surface area contributed by atoms with E-state index in [1.807, 2.05) is 32.0 Å². The number of carbonyl (C=O) groups excluding carboxylic acids is 1. The largest absolute Gasteiger partial charge is 0.383 e. The van der Waals surface area contributed by atoms with Crippen molar-refractivity contribution in [1.82, 2.24) is 9.61 Å². The van der Waals surface area contributed by atoms with Crippen LogP contribution in [-0.4, -0.2) is 15.4 Å². The Kier molecular flexibility index (Phi) is 5.48. The van der Waals surface area contributed by atoms with E-state index in [1.54, 1.807) is 12.1 Å². The van der Waals surface area contributed by atoms with Crippen molar-refractivity contribution < 1.29 is 4.79 Å². The van der Waals surface area contributed by atoms with E-state index in [2.05, 4.69) is 11.2 Å². The molecule has 0 aliphatic heterocycles. The lowest BCUT2D eigenvalue weighted by molar-refractivity contribution is 0.0982. The number of nitrogens with zero attached hydrogens (tertiary/aromatic N) is 3. The fraction of sp³-hybridized carbons (Fsp3) is 0.286. The Morgan fingerprint density at radius 3 is 2.56 bits per heavy atom. The molecule has 0 saturated heterocycles. The number of hydrogen-bond acceptors (Lipinski definition) is 4. The van der Waals surface area contributed by atoms with Crippen LogP contribution in [0.3, 0.4) is 0 Å². The fourth-order valence-electron chi connectivity index (χ4n) is 3.29. The number of aromatic nitrogens is 2. The zero-order valence-electron chi connectivity index (χ0n) is 15.4. The van der Waals surface area contributed by atoms with Gasteiger partial charge in [0.05, 0.1) is 16.8 Å². The molecule has 0 aliphatic carbocycles. The molecule has 1 aromatic carbocycles. The summed E-state index contributed by atoms with van der Waals surface area (Å²) in [6, 6.07) is 11.2. The SMILES string of the molecule is CCCC(=O)c1c(CCC)nn2c(N)c(C#N)c(-c3ccc(Cl)cc3)cc12. The molecular formula is C21H21ClN4O. The molecule has 3 aromatic rings. The zero-order chi connectivity index (χ0) is 19.6. The van der Waals surface area contributed by atoms with Crippen LogP contribution < -0.4 is 5.73 Å². The minimum atomic E-state index is 0.0575. The van der Waals surface area contributed by atoms with Gasteiger partial charge in [0.15, 0.2) is 5.78 Å². The van der Waals surface area contributed by atoms with E-state index in [9.17, 15) is 10.1 Å². The molecule has 0 fully saturated rings. The predicted molar refractivity (Wildman–Crippen MR) is 108 cm³/mol. The van der Waals surface area contributed by atoms with Crippen molar-refractivity contribution >= 4 is 28.7 Å². The number of carbonyl (C=O) groups is 1. The number of nitrogens with two attached hydrogens (primary N) is 1. The molecule has 3 rings (SSSR count). The highest BCUT2D eigenvalue weighted by atomic mass is 35.5. The summed E-state index contributed by atoms with van der Waals surface area (Å²) in [4.78, 5) is 12.8. The standard InChI is InChI=1S/C21H21ClN4O/c1-3-5-17-20(19(27)6-4-2)18-11-15(13-7-9-14(22)10-8-13)16(12-23)21(24)26(18)25-17/h7-11H,3-6,24H2,1-2H3. The monoisotopic (exact) mass is 380 g/mol. The number of fused-ring (bicyclic) bond motifs is 1. The van der Waals surface area contributed by atoms with E-state index in [0.29, 0.717) is 40.1 Å². The third-order valence-electron chi connectivity index (χ3n) is 4.54. The summed E-state index contributed by atoms with van der Waals surface area (Å²) in [6.45, 7) is 4.02. The highest BCUT2D eigenvalue weighted by Gasteiger charge is 2.23. The Hall–Kier alpha value is -2.84. The number of hydrogen-bond donors (Lipinski definition) is 1. The van der Waals surface area contributed by atoms with E-state index >= 15 is 0 Å². The highest BCUT2D eigenvalue weighted by Crippen LogP contribution is 2.33. The van der Waals surface area contributed by atoms with Gasteiger partial charge in [-0.05, 0) is 36.6 Å². The molecule has 5 nitrogen and oxygen atoms in total. The van der Waals surface area contributed by atoms with Crippen LogP contribution in [0.25, 0.3) is 16.6 Å². The van der Waals surface area contributed by atoms with E-state index < -0.39 is 0 Å². The number of anilines is 1. The number of aryl methyl sites for hydroxylation is 1. The maximum absolute atomic E-state index is 12.8. The van der Waals surface area contributed by atoms with Crippen molar-refractivity contribution in [3.05, 3.63) is 52.2 Å². The van der Waals surface area contributed by atoms with E-state index in [4.69, 9.17) is 17.3 Å². The third kappa shape index (κ3) is 3.41. The number of halogens is 1. The van der Waals surface area contributed by atoms with Gasteiger partial charge in [-0.25, -0.2) is 4.52 Å². The van der Waals surface area contributed by atoms with Gasteiger partial charge in [-0.1, -0.05) is 44.0 Å². The Balaban J connectivity index is 2.35. The summed E-state index contributed by atoms with van der Waals surface area (Å²) in [5.74, 6) is 0.301. The van der Waals surface area contributed by atoms with E-state index in [1.165, 1.54) is 4.52 Å². The molecule has 6 heteroatoms. The van der Waals surface area contributed by atoms with Gasteiger partial charge in [0, 0.05) is 17.0 Å². The number of ketones is 1. The molecule has 0 spiro atoms. The summed E-state index contributed by atoms with van der Waals surface area (Å²) in [6.07, 6.45) is 2.77. The first-order valence-corrected chi connectivity index (χ1v) is 9.42. The van der Waals surface area contributed by atoms with Crippen molar-refractivity contribution in [2.75, 3.05) is 5.73 Å². The molecule has 2 N–H and O–H groups in total. The number of nitrogen functional groups attached to an aromatic ring is 1. The van der Waals surface area contributed by atoms with Crippen molar-refractivity contribution in [3.63, 3.8) is 0 Å². The number of pyridine rings is 1. The third-order valence-corrected chi connectivity index (χ3v) is 4.79. The molecule has 0 unspecified atom stereocenters. The smallest absolute Gasteiger partial charge is 0.166 e. The average molecular weight is 381 g/mol. The second kappa shape index (κ2) is 7.81. The van der Waals surface area contributed by atoms with Crippen LogP contribution in [0.1, 0.15) is 54.7 Å². The van der Waals surface area contributed by atoms with Crippen LogP contribution in [0.2, 0.25) is 5.02 Å². The number of Topliss-reactive ketones (excluding diaryl/α,β-unsaturated/α-hetero) is 1. The van der Waals surface area contributed by atoms with Crippen LogP contribution in [0.15, 0.2) is 30.3 Å². The molecule has 0 amide bonds. The summed E-state index contributed by atoms with van der Waals surface area (Å²) in [5.41, 5.74) is 10.1. The van der Waals surface area contributed by atoms with E-state index in [0.717, 1.165) is 24.1 Å². The molecule has 2 heterocycles. The molecule has 0 atom stereocenters. The predicted octanol–water partition coefficient (Wildman–Crippen LogP) is 5.04. The Bertz CT molecular complexity index is 1040. The van der Waals surface area contributed by atoms with Gasteiger partial charge in [0.2, 0.25) is 0 Å². The maximum Gasteiger partial charge on any atom is 0.166 e. The molecular weight excluding hydrogens is 360 g/mol. The molecule has 0 saturated carbocycles. The number of nitriles is 1. The lowest BCUT2D eigenvalue weighted by Crippen LogP contribution is -2.05. The first-order valence-electron chi connectivity index (χ1n) is 9.05. The molecule has 2 aromatic heterocycles. The van der Waals surface area contributed by atoms with Gasteiger partial charge in [-0.3, -0.25) is 4.79 Å². The Morgan fingerprint density at radius 1 is 1.26 bits per heavy atom. The average Bonchev–Trinajstić information content (AvgIpc) is 3.01. The maximum atomic E-state index is 12.8. The van der Waals surface area contributed by atoms with E-state index in [-0.39, 0.29) is 11.6 Å². The Morgan fingerprint density at radius 2 is 1.96 bits per heavy atom. The van der Waals surface area contributed by atoms with Crippen LogP contribution in [0.4, 0.5) is 5.82 Å². The van der Waals surface area contributed by atoms with Gasteiger partial charge in [-0.15, -0.1) is 0 Å². The summed E-state index contributed by atoms with van der Waals surface area (Å²) < 4.78 is 1.53. The normalized spacial score (nSPS) is 10.9. The Labute approximate surface area is 163 Å². The molecule has 0 aliphatic rings. The van der Waals surface area contributed by atoms with Gasteiger partial charge in [0.1, 0.15) is 17.5 Å². The summed E-state index contributed by atoms with van der Waals surface area (Å²) >= 11 is 5.99. The second-order valence-electron chi connectivity index (χ2n) is 6.48. The van der Waals surface area contributed by atoms with Crippen molar-refractivity contribution in [1.29, 1.82) is 5.26 Å². The van der Waals surface area contributed by atoms with Crippen LogP contribution in [-0.2, 0) is 6.42 Å². The van der Waals surface area contributed by atoms with Gasteiger partial charge < -0.3 is 5.73 Å². The molecule has 27 heavy (non-hydrogen) atoms. The lowest BCUT2D eigenvalue weighted by Gasteiger charge is -2.10. The van der Waals surface area contributed by atoms with Crippen molar-refractivity contribution in [2.24, 2.45) is 0 Å². The first-order chi connectivity index (χ1) is 13.0. The molecule has 0 radical (unpaired) electrons. The van der Waals surface area contributed by atoms with Crippen molar-refractivity contribution in [2.45, 2.75) is 39.5 Å². The molecule has 0 bridgehead atoms.